The first-order valence-electron chi connectivity index (χ1n) is 7.56. The van der Waals surface area contributed by atoms with Crippen LogP contribution in [-0.2, 0) is 4.79 Å². The molecule has 0 heterocycles. The van der Waals surface area contributed by atoms with Crippen molar-refractivity contribution in [2.75, 3.05) is 13.1 Å². The van der Waals surface area contributed by atoms with Crippen LogP contribution >= 0.6 is 0 Å². The molecule has 0 aromatic rings. The van der Waals surface area contributed by atoms with Gasteiger partial charge in [0.05, 0.1) is 6.54 Å². The summed E-state index contributed by atoms with van der Waals surface area (Å²) in [5.41, 5.74) is 0. The standard InChI is InChI=1S/C15H32N2O/c1-5-6-7-8-9-14(4)17-12-15(18)16-11-10-13(2)3/h13-14,17H,5-12H2,1-4H3,(H,16,18). The zero-order chi connectivity index (χ0) is 13.8. The maximum absolute atomic E-state index is 11.5. The van der Waals surface area contributed by atoms with Crippen molar-refractivity contribution >= 4 is 5.91 Å². The number of nitrogens with one attached hydrogen (secondary N) is 2. The monoisotopic (exact) mass is 256 g/mol. The van der Waals surface area contributed by atoms with Crippen LogP contribution in [0, 0.1) is 5.92 Å². The van der Waals surface area contributed by atoms with Gasteiger partial charge in [-0.1, -0.05) is 46.5 Å². The van der Waals surface area contributed by atoms with E-state index >= 15 is 0 Å². The molecule has 0 aromatic heterocycles. The Morgan fingerprint density at radius 2 is 1.78 bits per heavy atom. The first-order valence-corrected chi connectivity index (χ1v) is 7.56. The molecule has 0 aliphatic rings. The summed E-state index contributed by atoms with van der Waals surface area (Å²) >= 11 is 0. The molecule has 1 atom stereocenters. The molecule has 0 saturated carbocycles. The van der Waals surface area contributed by atoms with E-state index < -0.39 is 0 Å². The van der Waals surface area contributed by atoms with Gasteiger partial charge in [-0.2, -0.15) is 0 Å². The number of hydrogen-bond acceptors (Lipinski definition) is 2. The molecule has 1 unspecified atom stereocenters. The molecule has 108 valence electrons. The summed E-state index contributed by atoms with van der Waals surface area (Å²) in [6.07, 6.45) is 7.39. The van der Waals surface area contributed by atoms with Gasteiger partial charge in [0, 0.05) is 12.6 Å². The zero-order valence-electron chi connectivity index (χ0n) is 12.7. The smallest absolute Gasteiger partial charge is 0.233 e. The van der Waals surface area contributed by atoms with Crippen molar-refractivity contribution in [2.24, 2.45) is 5.92 Å². The minimum Gasteiger partial charge on any atom is -0.355 e. The predicted molar refractivity (Wildman–Crippen MR) is 78.7 cm³/mol. The van der Waals surface area contributed by atoms with Crippen molar-refractivity contribution in [3.05, 3.63) is 0 Å². The van der Waals surface area contributed by atoms with E-state index in [1.54, 1.807) is 0 Å². The van der Waals surface area contributed by atoms with Crippen LogP contribution in [0.1, 0.15) is 66.2 Å². The Labute approximate surface area is 113 Å². The van der Waals surface area contributed by atoms with Gasteiger partial charge in [0.25, 0.3) is 0 Å². The normalized spacial score (nSPS) is 12.7. The molecule has 0 radical (unpaired) electrons. The molecule has 2 N–H and O–H groups in total. The van der Waals surface area contributed by atoms with Crippen LogP contribution in [0.3, 0.4) is 0 Å². The number of carbonyl (C=O) groups is 1. The lowest BCUT2D eigenvalue weighted by atomic mass is 10.1. The maximum Gasteiger partial charge on any atom is 0.233 e. The molecular formula is C15H32N2O. The second-order valence-corrected chi connectivity index (χ2v) is 5.66. The van der Waals surface area contributed by atoms with Crippen molar-refractivity contribution in [3.8, 4) is 0 Å². The second-order valence-electron chi connectivity index (χ2n) is 5.66. The summed E-state index contributed by atoms with van der Waals surface area (Å²) in [7, 11) is 0. The minimum atomic E-state index is 0.121. The van der Waals surface area contributed by atoms with E-state index in [4.69, 9.17) is 0 Å². The fraction of sp³-hybridized carbons (Fsp3) is 0.933. The van der Waals surface area contributed by atoms with Crippen LogP contribution in [0.4, 0.5) is 0 Å². The van der Waals surface area contributed by atoms with E-state index in [-0.39, 0.29) is 5.91 Å². The van der Waals surface area contributed by atoms with E-state index in [9.17, 15) is 4.79 Å². The lowest BCUT2D eigenvalue weighted by Gasteiger charge is -2.13. The van der Waals surface area contributed by atoms with E-state index in [0.29, 0.717) is 18.5 Å². The molecule has 18 heavy (non-hydrogen) atoms. The topological polar surface area (TPSA) is 41.1 Å². The molecule has 0 saturated heterocycles. The van der Waals surface area contributed by atoms with Gasteiger partial charge in [-0.05, 0) is 25.7 Å². The molecule has 0 bridgehead atoms. The fourth-order valence-electron chi connectivity index (χ4n) is 1.81. The molecule has 3 nitrogen and oxygen atoms in total. The molecule has 3 heteroatoms. The maximum atomic E-state index is 11.5. The summed E-state index contributed by atoms with van der Waals surface area (Å²) in [4.78, 5) is 11.5. The van der Waals surface area contributed by atoms with Crippen molar-refractivity contribution in [1.82, 2.24) is 10.6 Å². The first-order chi connectivity index (χ1) is 8.56. The first kappa shape index (κ1) is 17.4. The number of carbonyl (C=O) groups excluding carboxylic acids is 1. The Morgan fingerprint density at radius 1 is 1.06 bits per heavy atom. The summed E-state index contributed by atoms with van der Waals surface area (Å²) in [6.45, 7) is 9.97. The van der Waals surface area contributed by atoms with Crippen LogP contribution < -0.4 is 10.6 Å². The fourth-order valence-corrected chi connectivity index (χ4v) is 1.81. The lowest BCUT2D eigenvalue weighted by molar-refractivity contribution is -0.120. The lowest BCUT2D eigenvalue weighted by Crippen LogP contribution is -2.38. The van der Waals surface area contributed by atoms with Crippen molar-refractivity contribution in [3.63, 3.8) is 0 Å². The molecule has 0 aliphatic heterocycles. The molecule has 0 spiro atoms. The highest BCUT2D eigenvalue weighted by atomic mass is 16.1. The largest absolute Gasteiger partial charge is 0.355 e. The summed E-state index contributed by atoms with van der Waals surface area (Å²) < 4.78 is 0. The summed E-state index contributed by atoms with van der Waals surface area (Å²) in [5, 5.41) is 6.23. The third kappa shape index (κ3) is 11.9. The summed E-state index contributed by atoms with van der Waals surface area (Å²) in [5.74, 6) is 0.770. The molecule has 1 amide bonds. The Bertz CT molecular complexity index is 205. The summed E-state index contributed by atoms with van der Waals surface area (Å²) in [6, 6.07) is 0.442. The van der Waals surface area contributed by atoms with Crippen LogP contribution in [0.5, 0.6) is 0 Å². The van der Waals surface area contributed by atoms with Crippen molar-refractivity contribution in [2.45, 2.75) is 72.3 Å². The Morgan fingerprint density at radius 3 is 2.39 bits per heavy atom. The van der Waals surface area contributed by atoms with Gasteiger partial charge < -0.3 is 10.6 Å². The SMILES string of the molecule is CCCCCCC(C)NCC(=O)NCCC(C)C. The zero-order valence-corrected chi connectivity index (χ0v) is 12.7. The quantitative estimate of drug-likeness (QED) is 0.558. The number of amides is 1. The predicted octanol–water partition coefficient (Wildman–Crippen LogP) is 3.10. The highest BCUT2D eigenvalue weighted by molar-refractivity contribution is 5.77. The average molecular weight is 256 g/mol. The molecule has 0 aromatic carbocycles. The second kappa shape index (κ2) is 11.5. The van der Waals surface area contributed by atoms with E-state index in [0.717, 1.165) is 13.0 Å². The third-order valence-corrected chi connectivity index (χ3v) is 3.15. The van der Waals surface area contributed by atoms with Gasteiger partial charge in [-0.15, -0.1) is 0 Å². The third-order valence-electron chi connectivity index (χ3n) is 3.15. The van der Waals surface area contributed by atoms with Crippen LogP contribution in [0.25, 0.3) is 0 Å². The highest BCUT2D eigenvalue weighted by Gasteiger charge is 2.05. The Balaban J connectivity index is 3.41. The number of hydrogen-bond donors (Lipinski definition) is 2. The van der Waals surface area contributed by atoms with Gasteiger partial charge in [0.2, 0.25) is 5.91 Å². The van der Waals surface area contributed by atoms with Crippen LogP contribution in [-0.4, -0.2) is 25.0 Å². The van der Waals surface area contributed by atoms with E-state index in [1.807, 2.05) is 0 Å². The van der Waals surface area contributed by atoms with E-state index in [2.05, 4.69) is 38.3 Å². The average Bonchev–Trinajstić information content (AvgIpc) is 2.31. The Kier molecular flexibility index (Phi) is 11.2. The Hall–Kier alpha value is -0.570. The molecular weight excluding hydrogens is 224 g/mol. The molecule has 0 rings (SSSR count). The highest BCUT2D eigenvalue weighted by Crippen LogP contribution is 2.04. The molecule has 0 aliphatic carbocycles. The van der Waals surface area contributed by atoms with Crippen LogP contribution in [0.2, 0.25) is 0 Å². The van der Waals surface area contributed by atoms with E-state index in [1.165, 1.54) is 32.1 Å². The minimum absolute atomic E-state index is 0.121. The van der Waals surface area contributed by atoms with Crippen molar-refractivity contribution < 1.29 is 4.79 Å². The van der Waals surface area contributed by atoms with Gasteiger partial charge in [0.1, 0.15) is 0 Å². The molecule has 0 fully saturated rings. The van der Waals surface area contributed by atoms with Crippen LogP contribution in [0.15, 0.2) is 0 Å². The number of rotatable bonds is 11. The number of unbranched alkanes of at least 4 members (excludes halogenated alkanes) is 3. The van der Waals surface area contributed by atoms with Gasteiger partial charge in [-0.3, -0.25) is 4.79 Å². The van der Waals surface area contributed by atoms with Crippen molar-refractivity contribution in [1.29, 1.82) is 0 Å². The van der Waals surface area contributed by atoms with Gasteiger partial charge >= 0.3 is 0 Å². The van der Waals surface area contributed by atoms with Gasteiger partial charge in [-0.25, -0.2) is 0 Å². The van der Waals surface area contributed by atoms with Gasteiger partial charge in [0.15, 0.2) is 0 Å².